The van der Waals surface area contributed by atoms with Crippen LogP contribution in [0.2, 0.25) is 0 Å². The lowest BCUT2D eigenvalue weighted by molar-refractivity contribution is 0.0204. The number of aryl methyl sites for hydroxylation is 2. The van der Waals surface area contributed by atoms with Gasteiger partial charge < -0.3 is 0 Å². The molecule has 0 heteroatoms. The molecule has 188 valence electrons. The summed E-state index contributed by atoms with van der Waals surface area (Å²) in [6.07, 6.45) is 14.6. The molecule has 0 nitrogen and oxygen atoms in total. The lowest BCUT2D eigenvalue weighted by Crippen LogP contribution is -2.41. The Morgan fingerprint density at radius 2 is 0.943 bits per heavy atom. The highest BCUT2D eigenvalue weighted by molar-refractivity contribution is 5.32. The number of fused-ring (bicyclic) bond motifs is 2. The van der Waals surface area contributed by atoms with Crippen LogP contribution in [0.5, 0.6) is 0 Å². The van der Waals surface area contributed by atoms with Gasteiger partial charge in [-0.3, -0.25) is 0 Å². The van der Waals surface area contributed by atoms with Crippen LogP contribution >= 0.6 is 0 Å². The van der Waals surface area contributed by atoms with E-state index >= 15 is 0 Å². The maximum absolute atomic E-state index is 2.72. The fraction of sp³-hybridized carbons (Fsp3) is 0.657. The molecule has 4 saturated carbocycles. The van der Waals surface area contributed by atoms with Crippen molar-refractivity contribution >= 4 is 0 Å². The molecular formula is C35H48. The van der Waals surface area contributed by atoms with Gasteiger partial charge >= 0.3 is 0 Å². The maximum atomic E-state index is 2.72. The van der Waals surface area contributed by atoms with E-state index in [0.29, 0.717) is 5.41 Å². The van der Waals surface area contributed by atoms with Gasteiger partial charge in [0.2, 0.25) is 0 Å². The molecule has 2 aromatic carbocycles. The maximum Gasteiger partial charge on any atom is -0.0128 e. The molecule has 0 aliphatic heterocycles. The van der Waals surface area contributed by atoms with Crippen LogP contribution in [-0.4, -0.2) is 0 Å². The molecule has 4 aliphatic carbocycles. The Morgan fingerprint density at radius 3 is 1.37 bits per heavy atom. The molecule has 4 aliphatic rings. The summed E-state index contributed by atoms with van der Waals surface area (Å²) in [5, 5.41) is 0. The quantitative estimate of drug-likeness (QED) is 0.419. The zero-order valence-corrected chi connectivity index (χ0v) is 22.8. The minimum absolute atomic E-state index is 0.486. The molecule has 8 unspecified atom stereocenters. The highest BCUT2D eigenvalue weighted by Crippen LogP contribution is 2.64. The van der Waals surface area contributed by atoms with Gasteiger partial charge in [0.15, 0.2) is 0 Å². The normalized spacial score (nSPS) is 37.1. The van der Waals surface area contributed by atoms with Crippen LogP contribution in [0.4, 0.5) is 0 Å². The van der Waals surface area contributed by atoms with Crippen molar-refractivity contribution in [1.29, 1.82) is 0 Å². The van der Waals surface area contributed by atoms with Crippen molar-refractivity contribution in [3.63, 3.8) is 0 Å². The number of rotatable bonds is 4. The fourth-order valence-electron chi connectivity index (χ4n) is 10.5. The Hall–Kier alpha value is -1.56. The summed E-state index contributed by atoms with van der Waals surface area (Å²) >= 11 is 0. The van der Waals surface area contributed by atoms with E-state index in [4.69, 9.17) is 0 Å². The molecule has 35 heavy (non-hydrogen) atoms. The molecule has 0 radical (unpaired) electrons. The van der Waals surface area contributed by atoms with Gasteiger partial charge in [-0.05, 0) is 140 Å². The highest BCUT2D eigenvalue weighted by Gasteiger charge is 2.55. The first-order valence-electron chi connectivity index (χ1n) is 15.1. The van der Waals surface area contributed by atoms with Gasteiger partial charge in [0.05, 0.1) is 0 Å². The van der Waals surface area contributed by atoms with Crippen molar-refractivity contribution in [3.8, 4) is 0 Å². The SMILES string of the molecule is Cc1ccccc1C1CCCC2C1CCC2C(C)(C)C1CCC2C(c3ccccc3C)CCCC21. The van der Waals surface area contributed by atoms with Crippen molar-refractivity contribution in [2.45, 2.75) is 104 Å². The van der Waals surface area contributed by atoms with Gasteiger partial charge in [0.1, 0.15) is 0 Å². The zero-order chi connectivity index (χ0) is 24.2. The molecule has 0 spiro atoms. The van der Waals surface area contributed by atoms with Crippen LogP contribution in [-0.2, 0) is 0 Å². The fourth-order valence-corrected chi connectivity index (χ4v) is 10.5. The van der Waals surface area contributed by atoms with E-state index in [-0.39, 0.29) is 0 Å². The second kappa shape index (κ2) is 9.39. The van der Waals surface area contributed by atoms with Crippen molar-refractivity contribution in [3.05, 3.63) is 70.8 Å². The Bertz CT molecular complexity index is 948. The Labute approximate surface area is 215 Å². The van der Waals surface area contributed by atoms with E-state index in [0.717, 1.165) is 47.3 Å². The van der Waals surface area contributed by atoms with Gasteiger partial charge in [0, 0.05) is 0 Å². The van der Waals surface area contributed by atoms with Crippen LogP contribution in [0, 0.1) is 54.8 Å². The van der Waals surface area contributed by atoms with E-state index in [1.54, 1.807) is 11.1 Å². The van der Waals surface area contributed by atoms with Gasteiger partial charge in [-0.1, -0.05) is 75.2 Å². The van der Waals surface area contributed by atoms with Gasteiger partial charge in [-0.2, -0.15) is 0 Å². The van der Waals surface area contributed by atoms with Crippen LogP contribution in [0.25, 0.3) is 0 Å². The lowest BCUT2D eigenvalue weighted by Gasteiger charge is -2.48. The summed E-state index contributed by atoms with van der Waals surface area (Å²) in [5.41, 5.74) is 6.90. The smallest absolute Gasteiger partial charge is 0.0128 e. The molecule has 4 fully saturated rings. The predicted octanol–water partition coefficient (Wildman–Crippen LogP) is 9.85. The summed E-state index contributed by atoms with van der Waals surface area (Å²) < 4.78 is 0. The van der Waals surface area contributed by atoms with Gasteiger partial charge in [-0.25, -0.2) is 0 Å². The van der Waals surface area contributed by atoms with E-state index in [2.05, 4.69) is 76.2 Å². The Kier molecular flexibility index (Phi) is 6.39. The summed E-state index contributed by atoms with van der Waals surface area (Å²) in [4.78, 5) is 0. The largest absolute Gasteiger partial charge is 0.0620 e. The van der Waals surface area contributed by atoms with Crippen molar-refractivity contribution < 1.29 is 0 Å². The van der Waals surface area contributed by atoms with Gasteiger partial charge in [-0.15, -0.1) is 0 Å². The first-order valence-corrected chi connectivity index (χ1v) is 15.1. The van der Waals surface area contributed by atoms with Crippen LogP contribution < -0.4 is 0 Å². The number of benzene rings is 2. The minimum Gasteiger partial charge on any atom is -0.0620 e. The molecular weight excluding hydrogens is 420 g/mol. The third-order valence-corrected chi connectivity index (χ3v) is 12.0. The van der Waals surface area contributed by atoms with Crippen molar-refractivity contribution in [1.82, 2.24) is 0 Å². The second-order valence-corrected chi connectivity index (χ2v) is 13.6. The monoisotopic (exact) mass is 468 g/mol. The molecule has 0 saturated heterocycles. The van der Waals surface area contributed by atoms with Gasteiger partial charge in [0.25, 0.3) is 0 Å². The Balaban J connectivity index is 1.23. The van der Waals surface area contributed by atoms with Crippen molar-refractivity contribution in [2.24, 2.45) is 40.9 Å². The molecule has 8 atom stereocenters. The molecule has 0 N–H and O–H groups in total. The molecule has 0 heterocycles. The summed E-state index contributed by atoms with van der Waals surface area (Å²) in [5.74, 6) is 7.26. The predicted molar refractivity (Wildman–Crippen MR) is 149 cm³/mol. The summed E-state index contributed by atoms with van der Waals surface area (Å²) in [6.45, 7) is 10.1. The summed E-state index contributed by atoms with van der Waals surface area (Å²) in [7, 11) is 0. The van der Waals surface area contributed by atoms with E-state index < -0.39 is 0 Å². The first kappa shape index (κ1) is 23.8. The minimum atomic E-state index is 0.486. The van der Waals surface area contributed by atoms with E-state index in [1.165, 1.54) is 75.3 Å². The average Bonchev–Trinajstić information content (AvgIpc) is 3.50. The third kappa shape index (κ3) is 4.02. The van der Waals surface area contributed by atoms with Crippen LogP contribution in [0.3, 0.4) is 0 Å². The Morgan fingerprint density at radius 1 is 0.514 bits per heavy atom. The highest BCUT2D eigenvalue weighted by atomic mass is 14.6. The van der Waals surface area contributed by atoms with E-state index in [1.807, 2.05) is 0 Å². The van der Waals surface area contributed by atoms with Crippen LogP contribution in [0.15, 0.2) is 48.5 Å². The lowest BCUT2D eigenvalue weighted by atomic mass is 9.57. The summed E-state index contributed by atoms with van der Waals surface area (Å²) in [6, 6.07) is 18.6. The third-order valence-electron chi connectivity index (χ3n) is 12.0. The molecule has 0 amide bonds. The molecule has 2 aromatic rings. The first-order chi connectivity index (χ1) is 17.0. The molecule has 6 rings (SSSR count). The standard InChI is InChI=1S/C35H48/c1-23-11-5-7-13-25(23)27-15-9-17-31-29(27)19-21-33(31)35(3,4)34-22-20-30-28(16-10-18-32(30)34)26-14-8-6-12-24(26)2/h5-8,11-14,27-34H,9-10,15-22H2,1-4H3. The van der Waals surface area contributed by atoms with E-state index in [9.17, 15) is 0 Å². The molecule has 0 aromatic heterocycles. The molecule has 0 bridgehead atoms. The second-order valence-electron chi connectivity index (χ2n) is 13.6. The zero-order valence-electron chi connectivity index (χ0n) is 22.8. The number of hydrogen-bond acceptors (Lipinski definition) is 0. The van der Waals surface area contributed by atoms with Crippen LogP contribution in [0.1, 0.15) is 112 Å². The average molecular weight is 469 g/mol. The topological polar surface area (TPSA) is 0 Å². The van der Waals surface area contributed by atoms with Crippen molar-refractivity contribution in [2.75, 3.05) is 0 Å². The number of hydrogen-bond donors (Lipinski definition) is 0.